The number of rotatable bonds is 6. The summed E-state index contributed by atoms with van der Waals surface area (Å²) in [5.41, 5.74) is 0.900. The third kappa shape index (κ3) is 5.68. The number of hydrogen-bond acceptors (Lipinski definition) is 4. The Morgan fingerprint density at radius 2 is 2.00 bits per heavy atom. The molecule has 138 valence electrons. The molecule has 3 rings (SSSR count). The van der Waals surface area contributed by atoms with E-state index in [0.29, 0.717) is 18.1 Å². The zero-order valence-corrected chi connectivity index (χ0v) is 15.4. The van der Waals surface area contributed by atoms with Crippen LogP contribution in [0.1, 0.15) is 24.8 Å². The fourth-order valence-corrected chi connectivity index (χ4v) is 3.50. The molecule has 1 aromatic carbocycles. The number of nitrogens with zero attached hydrogens (tertiary/aromatic N) is 2. The number of ether oxygens (including phenoxy) is 2. The van der Waals surface area contributed by atoms with E-state index in [1.54, 1.807) is 0 Å². The van der Waals surface area contributed by atoms with E-state index >= 15 is 0 Å². The molecule has 1 unspecified atom stereocenters. The van der Waals surface area contributed by atoms with Gasteiger partial charge in [-0.25, -0.2) is 0 Å². The average Bonchev–Trinajstić information content (AvgIpc) is 2.65. The van der Waals surface area contributed by atoms with Gasteiger partial charge in [-0.05, 0) is 30.9 Å². The van der Waals surface area contributed by atoms with Crippen molar-refractivity contribution in [3.63, 3.8) is 0 Å². The van der Waals surface area contributed by atoms with E-state index in [0.717, 1.165) is 57.7 Å². The Kier molecular flexibility index (Phi) is 7.11. The quantitative estimate of drug-likeness (QED) is 0.776. The Labute approximate surface area is 154 Å². The number of benzene rings is 1. The molecule has 25 heavy (non-hydrogen) atoms. The van der Waals surface area contributed by atoms with Gasteiger partial charge in [0.1, 0.15) is 0 Å². The Morgan fingerprint density at radius 3 is 2.72 bits per heavy atom. The SMILES string of the molecule is O=C(Cc1ccccc1Cl)N1CCN(CCOC2CCCCO2)CC1. The van der Waals surface area contributed by atoms with Crippen LogP contribution in [-0.2, 0) is 20.7 Å². The molecule has 2 heterocycles. The Balaban J connectivity index is 1.35. The van der Waals surface area contributed by atoms with Gasteiger partial charge in [0.15, 0.2) is 6.29 Å². The Morgan fingerprint density at radius 1 is 1.20 bits per heavy atom. The van der Waals surface area contributed by atoms with Gasteiger partial charge in [-0.1, -0.05) is 29.8 Å². The first-order valence-corrected chi connectivity index (χ1v) is 9.57. The molecule has 0 saturated carbocycles. The highest BCUT2D eigenvalue weighted by Gasteiger charge is 2.22. The third-order valence-corrected chi connectivity index (χ3v) is 5.24. The fraction of sp³-hybridized carbons (Fsp3) is 0.632. The standard InChI is InChI=1S/C19H27ClN2O3/c20-17-6-2-1-5-16(17)15-18(23)22-10-8-21(9-11-22)12-14-25-19-7-3-4-13-24-19/h1-2,5-6,19H,3-4,7-15H2. The molecule has 2 aliphatic heterocycles. The van der Waals surface area contributed by atoms with Crippen LogP contribution < -0.4 is 0 Å². The maximum Gasteiger partial charge on any atom is 0.227 e. The fourth-order valence-electron chi connectivity index (χ4n) is 3.29. The number of amides is 1. The summed E-state index contributed by atoms with van der Waals surface area (Å²) >= 11 is 6.15. The van der Waals surface area contributed by atoms with E-state index in [-0.39, 0.29) is 12.2 Å². The van der Waals surface area contributed by atoms with Crippen molar-refractivity contribution < 1.29 is 14.3 Å². The number of hydrogen-bond donors (Lipinski definition) is 0. The minimum Gasteiger partial charge on any atom is -0.353 e. The van der Waals surface area contributed by atoms with E-state index in [2.05, 4.69) is 4.90 Å². The summed E-state index contributed by atoms with van der Waals surface area (Å²) in [6.45, 7) is 5.72. The normalized spacial score (nSPS) is 22.1. The molecule has 0 N–H and O–H groups in total. The summed E-state index contributed by atoms with van der Waals surface area (Å²) in [4.78, 5) is 16.7. The topological polar surface area (TPSA) is 42.0 Å². The van der Waals surface area contributed by atoms with Crippen molar-refractivity contribution in [2.45, 2.75) is 32.0 Å². The van der Waals surface area contributed by atoms with Gasteiger partial charge in [0.25, 0.3) is 0 Å². The van der Waals surface area contributed by atoms with Crippen molar-refractivity contribution in [3.05, 3.63) is 34.9 Å². The molecule has 5 nitrogen and oxygen atoms in total. The van der Waals surface area contributed by atoms with E-state index in [1.807, 2.05) is 29.2 Å². The first kappa shape index (κ1) is 18.6. The van der Waals surface area contributed by atoms with Crippen LogP contribution in [0.4, 0.5) is 0 Å². The molecule has 6 heteroatoms. The highest BCUT2D eigenvalue weighted by Crippen LogP contribution is 2.17. The molecular formula is C19H27ClN2O3. The van der Waals surface area contributed by atoms with E-state index < -0.39 is 0 Å². The largest absolute Gasteiger partial charge is 0.353 e. The van der Waals surface area contributed by atoms with Gasteiger partial charge in [-0.15, -0.1) is 0 Å². The molecule has 1 amide bonds. The van der Waals surface area contributed by atoms with Crippen LogP contribution in [0.2, 0.25) is 5.02 Å². The summed E-state index contributed by atoms with van der Waals surface area (Å²) in [5.74, 6) is 0.152. The minimum atomic E-state index is -0.0211. The lowest BCUT2D eigenvalue weighted by Gasteiger charge is -2.35. The lowest BCUT2D eigenvalue weighted by molar-refractivity contribution is -0.164. The van der Waals surface area contributed by atoms with Gasteiger partial charge in [-0.2, -0.15) is 0 Å². The molecule has 0 radical (unpaired) electrons. The molecule has 2 saturated heterocycles. The van der Waals surface area contributed by atoms with E-state index in [9.17, 15) is 4.79 Å². The zero-order chi connectivity index (χ0) is 17.5. The van der Waals surface area contributed by atoms with Gasteiger partial charge < -0.3 is 14.4 Å². The van der Waals surface area contributed by atoms with Crippen LogP contribution >= 0.6 is 11.6 Å². The van der Waals surface area contributed by atoms with Crippen LogP contribution in [0, 0.1) is 0 Å². The molecule has 0 aromatic heterocycles. The maximum absolute atomic E-state index is 12.5. The van der Waals surface area contributed by atoms with Crippen LogP contribution in [-0.4, -0.2) is 67.9 Å². The van der Waals surface area contributed by atoms with Gasteiger partial charge in [0, 0.05) is 44.4 Å². The smallest absolute Gasteiger partial charge is 0.227 e. The monoisotopic (exact) mass is 366 g/mol. The number of piperazine rings is 1. The van der Waals surface area contributed by atoms with Crippen molar-refractivity contribution in [1.29, 1.82) is 0 Å². The molecule has 0 spiro atoms. The van der Waals surface area contributed by atoms with Crippen LogP contribution in [0.25, 0.3) is 0 Å². The molecule has 2 aliphatic rings. The zero-order valence-electron chi connectivity index (χ0n) is 14.7. The van der Waals surface area contributed by atoms with Gasteiger partial charge in [-0.3, -0.25) is 9.69 Å². The maximum atomic E-state index is 12.5. The highest BCUT2D eigenvalue weighted by molar-refractivity contribution is 6.31. The van der Waals surface area contributed by atoms with Crippen molar-refractivity contribution in [1.82, 2.24) is 9.80 Å². The molecule has 0 aliphatic carbocycles. The number of halogens is 1. The van der Waals surface area contributed by atoms with Gasteiger partial charge >= 0.3 is 0 Å². The molecule has 1 atom stereocenters. The molecule has 2 fully saturated rings. The summed E-state index contributed by atoms with van der Waals surface area (Å²) < 4.78 is 11.4. The van der Waals surface area contributed by atoms with Crippen molar-refractivity contribution >= 4 is 17.5 Å². The number of carbonyl (C=O) groups excluding carboxylic acids is 1. The highest BCUT2D eigenvalue weighted by atomic mass is 35.5. The second kappa shape index (κ2) is 9.53. The number of carbonyl (C=O) groups is 1. The predicted molar refractivity (Wildman–Crippen MR) is 97.7 cm³/mol. The third-order valence-electron chi connectivity index (χ3n) is 4.87. The van der Waals surface area contributed by atoms with Crippen LogP contribution in [0.15, 0.2) is 24.3 Å². The van der Waals surface area contributed by atoms with Gasteiger partial charge in [0.05, 0.1) is 13.0 Å². The minimum absolute atomic E-state index is 0.0211. The summed E-state index contributed by atoms with van der Waals surface area (Å²) in [6, 6.07) is 7.55. The lowest BCUT2D eigenvalue weighted by Crippen LogP contribution is -2.50. The van der Waals surface area contributed by atoms with Crippen molar-refractivity contribution in [3.8, 4) is 0 Å². The molecular weight excluding hydrogens is 340 g/mol. The predicted octanol–water partition coefficient (Wildman–Crippen LogP) is 2.57. The summed E-state index contributed by atoms with van der Waals surface area (Å²) in [7, 11) is 0. The lowest BCUT2D eigenvalue weighted by atomic mass is 10.1. The van der Waals surface area contributed by atoms with Crippen LogP contribution in [0.3, 0.4) is 0 Å². The second-order valence-electron chi connectivity index (χ2n) is 6.66. The Hall–Kier alpha value is -1.14. The summed E-state index contributed by atoms with van der Waals surface area (Å²) in [5, 5.41) is 0.663. The van der Waals surface area contributed by atoms with Crippen molar-refractivity contribution in [2.75, 3.05) is 45.9 Å². The van der Waals surface area contributed by atoms with Gasteiger partial charge in [0.2, 0.25) is 5.91 Å². The second-order valence-corrected chi connectivity index (χ2v) is 7.06. The first-order chi connectivity index (χ1) is 12.2. The van der Waals surface area contributed by atoms with Crippen molar-refractivity contribution in [2.24, 2.45) is 0 Å². The first-order valence-electron chi connectivity index (χ1n) is 9.19. The molecule has 1 aromatic rings. The van der Waals surface area contributed by atoms with E-state index in [4.69, 9.17) is 21.1 Å². The molecule has 0 bridgehead atoms. The average molecular weight is 367 g/mol. The Bertz CT molecular complexity index is 555. The van der Waals surface area contributed by atoms with Crippen LogP contribution in [0.5, 0.6) is 0 Å². The summed E-state index contributed by atoms with van der Waals surface area (Å²) in [6.07, 6.45) is 3.69. The van der Waals surface area contributed by atoms with E-state index in [1.165, 1.54) is 6.42 Å².